The first-order chi connectivity index (χ1) is 8.86. The van der Waals surface area contributed by atoms with Crippen LogP contribution in [-0.4, -0.2) is 16.5 Å². The van der Waals surface area contributed by atoms with E-state index < -0.39 is 0 Å². The molecule has 1 heterocycles. The molecule has 0 unspecified atom stereocenters. The van der Waals surface area contributed by atoms with E-state index in [1.165, 1.54) is 36.9 Å². The molecule has 1 fully saturated rings. The van der Waals surface area contributed by atoms with E-state index in [0.717, 1.165) is 49.8 Å². The number of hydrogen-bond donors (Lipinski definition) is 1. The molecule has 98 valence electrons. The molecular formula is C15H23N3. The lowest BCUT2D eigenvalue weighted by Gasteiger charge is -2.19. The smallest absolute Gasteiger partial charge is 0.133 e. The van der Waals surface area contributed by atoms with Crippen LogP contribution >= 0.6 is 0 Å². The summed E-state index contributed by atoms with van der Waals surface area (Å²) in [6.07, 6.45) is 9.88. The summed E-state index contributed by atoms with van der Waals surface area (Å²) in [4.78, 5) is 9.59. The summed E-state index contributed by atoms with van der Waals surface area (Å²) in [5.41, 5.74) is 2.72. The molecule has 3 rings (SSSR count). The molecule has 1 aromatic heterocycles. The minimum absolute atomic E-state index is 0.866. The van der Waals surface area contributed by atoms with Gasteiger partial charge < -0.3 is 5.32 Å². The normalized spacial score (nSPS) is 18.5. The molecular weight excluding hydrogens is 222 g/mol. The largest absolute Gasteiger partial charge is 0.370 e. The highest BCUT2D eigenvalue weighted by Crippen LogP contribution is 2.33. The van der Waals surface area contributed by atoms with Gasteiger partial charge in [-0.2, -0.15) is 0 Å². The van der Waals surface area contributed by atoms with Gasteiger partial charge in [0, 0.05) is 24.2 Å². The second-order valence-electron chi connectivity index (χ2n) is 5.70. The van der Waals surface area contributed by atoms with E-state index >= 15 is 0 Å². The zero-order valence-electron chi connectivity index (χ0n) is 11.3. The SMILES string of the molecule is CCCNc1nc(CC2CC2)nc2c1CCCC2. The average Bonchev–Trinajstić information content (AvgIpc) is 3.20. The van der Waals surface area contributed by atoms with Crippen molar-refractivity contribution in [3.05, 3.63) is 17.1 Å². The number of nitrogens with zero attached hydrogens (tertiary/aromatic N) is 2. The van der Waals surface area contributed by atoms with Crippen LogP contribution in [0.5, 0.6) is 0 Å². The van der Waals surface area contributed by atoms with Gasteiger partial charge in [-0.25, -0.2) is 9.97 Å². The Bertz CT molecular complexity index is 424. The fourth-order valence-corrected chi connectivity index (χ4v) is 2.71. The number of rotatable bonds is 5. The van der Waals surface area contributed by atoms with Crippen LogP contribution in [0.1, 0.15) is 56.1 Å². The molecule has 0 spiro atoms. The first-order valence-electron chi connectivity index (χ1n) is 7.49. The lowest BCUT2D eigenvalue weighted by atomic mass is 9.96. The van der Waals surface area contributed by atoms with E-state index in [-0.39, 0.29) is 0 Å². The van der Waals surface area contributed by atoms with Crippen molar-refractivity contribution in [3.63, 3.8) is 0 Å². The van der Waals surface area contributed by atoms with Crippen molar-refractivity contribution in [1.82, 2.24) is 9.97 Å². The van der Waals surface area contributed by atoms with Gasteiger partial charge in [0.05, 0.1) is 0 Å². The van der Waals surface area contributed by atoms with Gasteiger partial charge in [0.25, 0.3) is 0 Å². The van der Waals surface area contributed by atoms with Gasteiger partial charge in [-0.3, -0.25) is 0 Å². The van der Waals surface area contributed by atoms with Crippen LogP contribution in [0, 0.1) is 5.92 Å². The minimum atomic E-state index is 0.866. The van der Waals surface area contributed by atoms with E-state index in [9.17, 15) is 0 Å². The molecule has 0 radical (unpaired) electrons. The molecule has 3 heteroatoms. The maximum atomic E-state index is 4.81. The number of aromatic nitrogens is 2. The number of fused-ring (bicyclic) bond motifs is 1. The van der Waals surface area contributed by atoms with Crippen molar-refractivity contribution in [2.75, 3.05) is 11.9 Å². The summed E-state index contributed by atoms with van der Waals surface area (Å²) in [7, 11) is 0. The first kappa shape index (κ1) is 11.9. The predicted octanol–water partition coefficient (Wildman–Crippen LogP) is 3.13. The lowest BCUT2D eigenvalue weighted by molar-refractivity contribution is 0.648. The second kappa shape index (κ2) is 5.25. The van der Waals surface area contributed by atoms with Crippen molar-refractivity contribution in [2.24, 2.45) is 5.92 Å². The third kappa shape index (κ3) is 2.65. The van der Waals surface area contributed by atoms with Crippen LogP contribution in [0.4, 0.5) is 5.82 Å². The fourth-order valence-electron chi connectivity index (χ4n) is 2.71. The molecule has 0 atom stereocenters. The van der Waals surface area contributed by atoms with Crippen LogP contribution < -0.4 is 5.32 Å². The molecule has 0 amide bonds. The Kier molecular flexibility index (Phi) is 3.48. The maximum Gasteiger partial charge on any atom is 0.133 e. The van der Waals surface area contributed by atoms with Crippen LogP contribution in [0.25, 0.3) is 0 Å². The Morgan fingerprint density at radius 2 is 2.00 bits per heavy atom. The fraction of sp³-hybridized carbons (Fsp3) is 0.733. The quantitative estimate of drug-likeness (QED) is 0.866. The van der Waals surface area contributed by atoms with Crippen molar-refractivity contribution in [1.29, 1.82) is 0 Å². The predicted molar refractivity (Wildman–Crippen MR) is 73.9 cm³/mol. The molecule has 0 saturated heterocycles. The summed E-state index contributed by atoms with van der Waals surface area (Å²) >= 11 is 0. The summed E-state index contributed by atoms with van der Waals surface area (Å²) in [5.74, 6) is 3.08. The number of hydrogen-bond acceptors (Lipinski definition) is 3. The molecule has 0 bridgehead atoms. The van der Waals surface area contributed by atoms with Crippen LogP contribution in [0.15, 0.2) is 0 Å². The van der Waals surface area contributed by atoms with Crippen LogP contribution in [0.2, 0.25) is 0 Å². The van der Waals surface area contributed by atoms with Gasteiger partial charge in [-0.15, -0.1) is 0 Å². The minimum Gasteiger partial charge on any atom is -0.370 e. The summed E-state index contributed by atoms with van der Waals surface area (Å²) in [6.45, 7) is 3.22. The van der Waals surface area contributed by atoms with E-state index in [1.807, 2.05) is 0 Å². The van der Waals surface area contributed by atoms with Crippen molar-refractivity contribution in [2.45, 2.75) is 58.3 Å². The number of anilines is 1. The molecule has 0 aromatic carbocycles. The van der Waals surface area contributed by atoms with Gasteiger partial charge in [0.15, 0.2) is 0 Å². The van der Waals surface area contributed by atoms with E-state index in [4.69, 9.17) is 9.97 Å². The van der Waals surface area contributed by atoms with E-state index in [1.54, 1.807) is 0 Å². The second-order valence-corrected chi connectivity index (χ2v) is 5.70. The molecule has 1 aromatic rings. The monoisotopic (exact) mass is 245 g/mol. The highest BCUT2D eigenvalue weighted by atomic mass is 15.0. The molecule has 2 aliphatic rings. The summed E-state index contributed by atoms with van der Waals surface area (Å²) in [6, 6.07) is 0. The van der Waals surface area contributed by atoms with Crippen LogP contribution in [-0.2, 0) is 19.3 Å². The third-order valence-electron chi connectivity index (χ3n) is 3.94. The van der Waals surface area contributed by atoms with E-state index in [0.29, 0.717) is 0 Å². The topological polar surface area (TPSA) is 37.8 Å². The van der Waals surface area contributed by atoms with E-state index in [2.05, 4.69) is 12.2 Å². The highest BCUT2D eigenvalue weighted by Gasteiger charge is 2.24. The standard InChI is InChI=1S/C15H23N3/c1-2-9-16-15-12-5-3-4-6-13(12)17-14(18-15)10-11-7-8-11/h11H,2-10H2,1H3,(H,16,17,18). The van der Waals surface area contributed by atoms with Gasteiger partial charge in [-0.1, -0.05) is 6.92 Å². The molecule has 0 aliphatic heterocycles. The molecule has 3 nitrogen and oxygen atoms in total. The zero-order chi connectivity index (χ0) is 12.4. The van der Waals surface area contributed by atoms with Gasteiger partial charge in [0.1, 0.15) is 11.6 Å². The average molecular weight is 245 g/mol. The first-order valence-corrected chi connectivity index (χ1v) is 7.49. The number of nitrogens with one attached hydrogen (secondary N) is 1. The maximum absolute atomic E-state index is 4.81. The molecule has 1 saturated carbocycles. The Morgan fingerprint density at radius 3 is 2.78 bits per heavy atom. The molecule has 18 heavy (non-hydrogen) atoms. The zero-order valence-corrected chi connectivity index (χ0v) is 11.3. The van der Waals surface area contributed by atoms with Gasteiger partial charge in [-0.05, 0) is 50.9 Å². The third-order valence-corrected chi connectivity index (χ3v) is 3.94. The van der Waals surface area contributed by atoms with Crippen molar-refractivity contribution in [3.8, 4) is 0 Å². The molecule has 1 N–H and O–H groups in total. The summed E-state index contributed by atoms with van der Waals surface area (Å²) < 4.78 is 0. The summed E-state index contributed by atoms with van der Waals surface area (Å²) in [5, 5.41) is 3.51. The Morgan fingerprint density at radius 1 is 1.17 bits per heavy atom. The van der Waals surface area contributed by atoms with Crippen LogP contribution in [0.3, 0.4) is 0 Å². The highest BCUT2D eigenvalue weighted by molar-refractivity contribution is 5.47. The van der Waals surface area contributed by atoms with Gasteiger partial charge in [0.2, 0.25) is 0 Å². The van der Waals surface area contributed by atoms with Crippen molar-refractivity contribution < 1.29 is 0 Å². The lowest BCUT2D eigenvalue weighted by Crippen LogP contribution is -2.15. The Labute approximate surface area is 109 Å². The molecule has 2 aliphatic carbocycles. The van der Waals surface area contributed by atoms with Gasteiger partial charge >= 0.3 is 0 Å². The number of aryl methyl sites for hydroxylation is 1. The Balaban J connectivity index is 1.86. The Hall–Kier alpha value is -1.12. The van der Waals surface area contributed by atoms with Crippen molar-refractivity contribution >= 4 is 5.82 Å².